The van der Waals surface area contributed by atoms with Crippen molar-refractivity contribution in [3.63, 3.8) is 0 Å². The maximum Gasteiger partial charge on any atom is 0.324 e. The Balaban J connectivity index is 1.48. The van der Waals surface area contributed by atoms with E-state index in [2.05, 4.69) is 16.0 Å². The fourth-order valence-electron chi connectivity index (χ4n) is 3.24. The van der Waals surface area contributed by atoms with Gasteiger partial charge in [0.05, 0.1) is 12.1 Å². The van der Waals surface area contributed by atoms with E-state index in [1.807, 2.05) is 0 Å². The lowest BCUT2D eigenvalue weighted by atomic mass is 9.98. The Morgan fingerprint density at radius 2 is 1.67 bits per heavy atom. The number of nitrogens with one attached hydrogen (secondary N) is 3. The first-order valence-electron chi connectivity index (χ1n) is 8.96. The molecule has 0 atom stereocenters. The molecular weight excluding hydrogens is 350 g/mol. The zero-order chi connectivity index (χ0) is 19.4. The topological polar surface area (TPSA) is 134 Å². The molecule has 5 amide bonds. The number of hydrogen-bond acceptors (Lipinski definition) is 5. The van der Waals surface area contributed by atoms with Gasteiger partial charge < -0.3 is 21.7 Å². The molecule has 1 aromatic rings. The van der Waals surface area contributed by atoms with E-state index in [4.69, 9.17) is 5.73 Å². The number of benzene rings is 1. The van der Waals surface area contributed by atoms with Crippen LogP contribution in [0.2, 0.25) is 0 Å². The minimum atomic E-state index is -0.799. The Hall–Kier alpha value is -2.94. The van der Waals surface area contributed by atoms with Crippen molar-refractivity contribution in [2.24, 2.45) is 5.73 Å². The van der Waals surface area contributed by atoms with Gasteiger partial charge in [-0.25, -0.2) is 4.79 Å². The number of nitrogens with zero attached hydrogens (tertiary/aromatic N) is 1. The Morgan fingerprint density at radius 3 is 2.22 bits per heavy atom. The number of imide groups is 1. The normalized spacial score (nSPS) is 18.3. The lowest BCUT2D eigenvalue weighted by Crippen LogP contribution is -2.48. The monoisotopic (exact) mass is 373 g/mol. The van der Waals surface area contributed by atoms with Crippen molar-refractivity contribution < 1.29 is 19.2 Å². The lowest BCUT2D eigenvalue weighted by Gasteiger charge is -2.22. The van der Waals surface area contributed by atoms with Gasteiger partial charge >= 0.3 is 6.03 Å². The summed E-state index contributed by atoms with van der Waals surface area (Å²) in [4.78, 5) is 48.2. The number of carbonyl (C=O) groups is 4. The highest BCUT2D eigenvalue weighted by atomic mass is 16.2. The predicted octanol–water partition coefficient (Wildman–Crippen LogP) is 0.777. The first-order valence-corrected chi connectivity index (χ1v) is 8.96. The summed E-state index contributed by atoms with van der Waals surface area (Å²) >= 11 is 0. The number of urea groups is 1. The molecule has 9 heteroatoms. The molecule has 0 bridgehead atoms. The second kappa shape index (κ2) is 7.75. The molecule has 0 aromatic heterocycles. The molecule has 2 aliphatic rings. The van der Waals surface area contributed by atoms with E-state index in [0.29, 0.717) is 24.2 Å². The van der Waals surface area contributed by atoms with E-state index in [9.17, 15) is 19.2 Å². The Morgan fingerprint density at radius 1 is 1.07 bits per heavy atom. The Labute approximate surface area is 156 Å². The fraction of sp³-hybridized carbons (Fsp3) is 0.444. The molecule has 27 heavy (non-hydrogen) atoms. The van der Waals surface area contributed by atoms with Gasteiger partial charge in [0.1, 0.15) is 0 Å². The van der Waals surface area contributed by atoms with Crippen LogP contribution in [0.4, 0.5) is 16.2 Å². The molecule has 1 heterocycles. The van der Waals surface area contributed by atoms with Crippen molar-refractivity contribution in [1.82, 2.24) is 10.2 Å². The van der Waals surface area contributed by atoms with Crippen LogP contribution >= 0.6 is 0 Å². The largest absolute Gasteiger partial charge is 0.329 e. The third-order valence-electron chi connectivity index (χ3n) is 4.87. The van der Waals surface area contributed by atoms with E-state index in [0.717, 1.165) is 17.7 Å². The van der Waals surface area contributed by atoms with E-state index < -0.39 is 11.6 Å². The molecule has 5 N–H and O–H groups in total. The summed E-state index contributed by atoms with van der Waals surface area (Å²) < 4.78 is 0. The molecule has 2 fully saturated rings. The number of nitrogens with two attached hydrogens (primary N) is 1. The van der Waals surface area contributed by atoms with E-state index >= 15 is 0 Å². The molecule has 3 rings (SSSR count). The number of anilines is 2. The molecule has 1 aliphatic carbocycles. The van der Waals surface area contributed by atoms with Crippen LogP contribution in [-0.2, 0) is 14.4 Å². The zero-order valence-electron chi connectivity index (χ0n) is 14.9. The average Bonchev–Trinajstić information content (AvgIpc) is 3.22. The summed E-state index contributed by atoms with van der Waals surface area (Å²) in [6, 6.07) is 6.22. The fourth-order valence-corrected chi connectivity index (χ4v) is 3.24. The third-order valence-corrected chi connectivity index (χ3v) is 4.87. The molecular formula is C18H23N5O4. The van der Waals surface area contributed by atoms with Crippen LogP contribution in [0, 0.1) is 0 Å². The molecule has 1 aromatic carbocycles. The number of amides is 5. The van der Waals surface area contributed by atoms with Gasteiger partial charge in [-0.05, 0) is 37.1 Å². The maximum atomic E-state index is 12.3. The second-order valence-corrected chi connectivity index (χ2v) is 6.90. The molecule has 0 unspecified atom stereocenters. The summed E-state index contributed by atoms with van der Waals surface area (Å²) in [6.07, 6.45) is 3.29. The highest BCUT2D eigenvalue weighted by molar-refractivity contribution is 6.02. The molecule has 9 nitrogen and oxygen atoms in total. The van der Waals surface area contributed by atoms with Crippen molar-refractivity contribution in [1.29, 1.82) is 0 Å². The van der Waals surface area contributed by atoms with Crippen LogP contribution in [0.1, 0.15) is 32.1 Å². The Kier molecular flexibility index (Phi) is 5.41. The minimum absolute atomic E-state index is 0.00728. The second-order valence-electron chi connectivity index (χ2n) is 6.90. The van der Waals surface area contributed by atoms with Gasteiger partial charge in [-0.3, -0.25) is 19.3 Å². The highest BCUT2D eigenvalue weighted by Crippen LogP contribution is 2.28. The molecule has 1 saturated carbocycles. The number of hydrogen-bond donors (Lipinski definition) is 4. The van der Waals surface area contributed by atoms with Gasteiger partial charge in [0.2, 0.25) is 17.7 Å². The van der Waals surface area contributed by atoms with Crippen molar-refractivity contribution in [3.05, 3.63) is 24.3 Å². The zero-order valence-corrected chi connectivity index (χ0v) is 14.9. The van der Waals surface area contributed by atoms with Crippen LogP contribution < -0.4 is 21.7 Å². The van der Waals surface area contributed by atoms with Gasteiger partial charge in [0.25, 0.3) is 0 Å². The average molecular weight is 373 g/mol. The van der Waals surface area contributed by atoms with Crippen LogP contribution in [0.5, 0.6) is 0 Å². The maximum absolute atomic E-state index is 12.3. The van der Waals surface area contributed by atoms with Gasteiger partial charge in [0.15, 0.2) is 0 Å². The van der Waals surface area contributed by atoms with Gasteiger partial charge in [0, 0.05) is 24.3 Å². The molecule has 1 saturated heterocycles. The summed E-state index contributed by atoms with van der Waals surface area (Å²) in [5.74, 6) is -0.843. The van der Waals surface area contributed by atoms with Gasteiger partial charge in [-0.1, -0.05) is 12.8 Å². The summed E-state index contributed by atoms with van der Waals surface area (Å²) in [5.41, 5.74) is 6.49. The molecule has 0 radical (unpaired) electrons. The van der Waals surface area contributed by atoms with Crippen molar-refractivity contribution in [2.75, 3.05) is 23.7 Å². The van der Waals surface area contributed by atoms with E-state index in [-0.39, 0.29) is 37.2 Å². The van der Waals surface area contributed by atoms with Crippen molar-refractivity contribution in [3.8, 4) is 0 Å². The standard InChI is InChI=1S/C18H23N5O4/c19-18(8-1-2-9-18)16(26)22-13-5-3-12(4-6-13)21-14(24)7-10-23-15(25)11-20-17(23)27/h3-6H,1-2,7-11,19H2,(H,20,27)(H,21,24)(H,22,26). The van der Waals surface area contributed by atoms with Crippen LogP contribution in [-0.4, -0.2) is 47.3 Å². The highest BCUT2D eigenvalue weighted by Gasteiger charge is 2.36. The smallest absolute Gasteiger partial charge is 0.324 e. The van der Waals surface area contributed by atoms with Crippen LogP contribution in [0.25, 0.3) is 0 Å². The number of carbonyl (C=O) groups excluding carboxylic acids is 4. The van der Waals surface area contributed by atoms with Crippen LogP contribution in [0.3, 0.4) is 0 Å². The lowest BCUT2D eigenvalue weighted by molar-refractivity contribution is -0.125. The first kappa shape index (κ1) is 18.8. The third kappa shape index (κ3) is 4.43. The minimum Gasteiger partial charge on any atom is -0.329 e. The molecule has 0 spiro atoms. The summed E-state index contributed by atoms with van der Waals surface area (Å²) in [7, 11) is 0. The quantitative estimate of drug-likeness (QED) is 0.547. The Bertz CT molecular complexity index is 740. The van der Waals surface area contributed by atoms with Crippen molar-refractivity contribution in [2.45, 2.75) is 37.6 Å². The van der Waals surface area contributed by atoms with Crippen LogP contribution in [0.15, 0.2) is 24.3 Å². The first-order chi connectivity index (χ1) is 12.9. The summed E-state index contributed by atoms with van der Waals surface area (Å²) in [6.45, 7) is 0.000937. The molecule has 144 valence electrons. The van der Waals surface area contributed by atoms with E-state index in [1.165, 1.54) is 0 Å². The summed E-state index contributed by atoms with van der Waals surface area (Å²) in [5, 5.41) is 7.90. The van der Waals surface area contributed by atoms with Gasteiger partial charge in [-0.15, -0.1) is 0 Å². The number of rotatable bonds is 6. The SMILES string of the molecule is NC1(C(=O)Nc2ccc(NC(=O)CCN3C(=O)CNC3=O)cc2)CCCC1. The van der Waals surface area contributed by atoms with Gasteiger partial charge in [-0.2, -0.15) is 0 Å². The van der Waals surface area contributed by atoms with E-state index in [1.54, 1.807) is 24.3 Å². The predicted molar refractivity (Wildman–Crippen MR) is 98.8 cm³/mol. The molecule has 1 aliphatic heterocycles. The van der Waals surface area contributed by atoms with Crippen molar-refractivity contribution >= 4 is 35.1 Å².